The summed E-state index contributed by atoms with van der Waals surface area (Å²) >= 11 is 0. The Morgan fingerprint density at radius 2 is 1.89 bits per heavy atom. The Morgan fingerprint density at radius 3 is 2.59 bits per heavy atom. The predicted molar refractivity (Wildman–Crippen MR) is 107 cm³/mol. The second-order valence-electron chi connectivity index (χ2n) is 6.95. The summed E-state index contributed by atoms with van der Waals surface area (Å²) in [6, 6.07) is 14.4. The number of hydrogen-bond donors (Lipinski definition) is 1. The molecule has 0 amide bonds. The topological polar surface area (TPSA) is 68.0 Å². The molecule has 0 saturated carbocycles. The molecule has 0 radical (unpaired) electrons. The highest BCUT2D eigenvalue weighted by Gasteiger charge is 2.14. The molecule has 3 aromatic heterocycles. The lowest BCUT2D eigenvalue weighted by atomic mass is 10.1. The standard InChI is InChI=1S/C21H22N6/c1-14(2)18-11-19(23-12-16-8-6-15(3)7-9-16)27-21(24-18)25-20(26-27)17-5-4-10-22-13-17/h4-11,13-14,23H,12H2,1-3H3. The Morgan fingerprint density at radius 1 is 1.07 bits per heavy atom. The van der Waals surface area contributed by atoms with Crippen LogP contribution in [0, 0.1) is 6.92 Å². The lowest BCUT2D eigenvalue weighted by Gasteiger charge is -2.11. The molecule has 1 N–H and O–H groups in total. The van der Waals surface area contributed by atoms with Gasteiger partial charge in [-0.05, 0) is 30.5 Å². The molecule has 0 aliphatic heterocycles. The zero-order valence-electron chi connectivity index (χ0n) is 15.7. The monoisotopic (exact) mass is 358 g/mol. The van der Waals surface area contributed by atoms with Gasteiger partial charge in [0.2, 0.25) is 0 Å². The van der Waals surface area contributed by atoms with Gasteiger partial charge >= 0.3 is 0 Å². The number of fused-ring (bicyclic) bond motifs is 1. The molecule has 136 valence electrons. The first-order chi connectivity index (χ1) is 13.1. The maximum Gasteiger partial charge on any atom is 0.254 e. The molecule has 6 heteroatoms. The first kappa shape index (κ1) is 17.1. The molecule has 0 unspecified atom stereocenters. The summed E-state index contributed by atoms with van der Waals surface area (Å²) in [7, 11) is 0. The van der Waals surface area contributed by atoms with E-state index in [-0.39, 0.29) is 0 Å². The van der Waals surface area contributed by atoms with Crippen LogP contribution < -0.4 is 5.32 Å². The zero-order valence-corrected chi connectivity index (χ0v) is 15.7. The molecule has 0 fully saturated rings. The highest BCUT2D eigenvalue weighted by atomic mass is 15.4. The molecule has 4 rings (SSSR count). The van der Waals surface area contributed by atoms with E-state index >= 15 is 0 Å². The van der Waals surface area contributed by atoms with Gasteiger partial charge in [-0.1, -0.05) is 43.7 Å². The third-order valence-corrected chi connectivity index (χ3v) is 4.44. The lowest BCUT2D eigenvalue weighted by molar-refractivity contribution is 0.806. The van der Waals surface area contributed by atoms with Gasteiger partial charge in [-0.15, -0.1) is 5.10 Å². The number of nitrogens with zero attached hydrogens (tertiary/aromatic N) is 5. The van der Waals surface area contributed by atoms with E-state index in [0.29, 0.717) is 24.1 Å². The second kappa shape index (κ2) is 7.15. The maximum absolute atomic E-state index is 4.68. The van der Waals surface area contributed by atoms with Crippen LogP contribution in [0.1, 0.15) is 36.6 Å². The van der Waals surface area contributed by atoms with Crippen LogP contribution in [-0.2, 0) is 6.54 Å². The van der Waals surface area contributed by atoms with E-state index in [1.54, 1.807) is 16.9 Å². The van der Waals surface area contributed by atoms with E-state index in [0.717, 1.165) is 17.1 Å². The highest BCUT2D eigenvalue weighted by Crippen LogP contribution is 2.21. The van der Waals surface area contributed by atoms with Gasteiger partial charge in [0, 0.05) is 30.6 Å². The van der Waals surface area contributed by atoms with Crippen LogP contribution in [0.5, 0.6) is 0 Å². The van der Waals surface area contributed by atoms with Crippen LogP contribution >= 0.6 is 0 Å². The Kier molecular flexibility index (Phi) is 4.54. The van der Waals surface area contributed by atoms with Gasteiger partial charge in [0.15, 0.2) is 5.82 Å². The summed E-state index contributed by atoms with van der Waals surface area (Å²) in [5.41, 5.74) is 4.33. The number of pyridine rings is 1. The Bertz CT molecular complexity index is 1050. The molecule has 27 heavy (non-hydrogen) atoms. The molecule has 3 heterocycles. The Balaban J connectivity index is 1.72. The number of aromatic nitrogens is 5. The van der Waals surface area contributed by atoms with Crippen molar-refractivity contribution in [3.63, 3.8) is 0 Å². The van der Waals surface area contributed by atoms with Crippen LogP contribution in [0.3, 0.4) is 0 Å². The summed E-state index contributed by atoms with van der Waals surface area (Å²) in [5.74, 6) is 2.39. The van der Waals surface area contributed by atoms with Gasteiger partial charge in [-0.2, -0.15) is 9.50 Å². The van der Waals surface area contributed by atoms with Gasteiger partial charge in [-0.25, -0.2) is 4.98 Å². The number of hydrogen-bond acceptors (Lipinski definition) is 5. The summed E-state index contributed by atoms with van der Waals surface area (Å²) in [6.45, 7) is 7.05. The number of benzene rings is 1. The number of anilines is 1. The third kappa shape index (κ3) is 3.65. The van der Waals surface area contributed by atoms with Crippen LogP contribution in [-0.4, -0.2) is 24.6 Å². The van der Waals surface area contributed by atoms with Gasteiger partial charge in [0.05, 0.1) is 5.69 Å². The molecule has 0 atom stereocenters. The smallest absolute Gasteiger partial charge is 0.254 e. The lowest BCUT2D eigenvalue weighted by Crippen LogP contribution is -2.08. The Hall–Kier alpha value is -3.28. The van der Waals surface area contributed by atoms with E-state index in [2.05, 4.69) is 70.4 Å². The van der Waals surface area contributed by atoms with E-state index in [1.165, 1.54) is 11.1 Å². The molecule has 0 aliphatic rings. The van der Waals surface area contributed by atoms with Crippen molar-refractivity contribution < 1.29 is 0 Å². The van der Waals surface area contributed by atoms with Gasteiger partial charge in [0.25, 0.3) is 5.78 Å². The fourth-order valence-corrected chi connectivity index (χ4v) is 2.82. The third-order valence-electron chi connectivity index (χ3n) is 4.44. The number of nitrogens with one attached hydrogen (secondary N) is 1. The molecule has 1 aromatic carbocycles. The van der Waals surface area contributed by atoms with Gasteiger partial charge in [-0.3, -0.25) is 4.98 Å². The highest BCUT2D eigenvalue weighted by molar-refractivity contribution is 5.57. The van der Waals surface area contributed by atoms with Gasteiger partial charge < -0.3 is 5.32 Å². The van der Waals surface area contributed by atoms with Crippen molar-refractivity contribution in [2.75, 3.05) is 5.32 Å². The van der Waals surface area contributed by atoms with Crippen molar-refractivity contribution in [1.29, 1.82) is 0 Å². The molecule has 6 nitrogen and oxygen atoms in total. The van der Waals surface area contributed by atoms with Gasteiger partial charge in [0.1, 0.15) is 5.82 Å². The SMILES string of the molecule is Cc1ccc(CNc2cc(C(C)C)nc3nc(-c4cccnc4)nn23)cc1. The maximum atomic E-state index is 4.68. The Labute approximate surface area is 158 Å². The molecular weight excluding hydrogens is 336 g/mol. The van der Waals surface area contributed by atoms with Crippen LogP contribution in [0.15, 0.2) is 54.9 Å². The molecule has 0 saturated heterocycles. The molecular formula is C21H22N6. The number of aryl methyl sites for hydroxylation is 1. The van der Waals surface area contributed by atoms with Crippen molar-refractivity contribution in [3.05, 3.63) is 71.7 Å². The zero-order chi connectivity index (χ0) is 18.8. The van der Waals surface area contributed by atoms with Crippen molar-refractivity contribution in [3.8, 4) is 11.4 Å². The predicted octanol–water partition coefficient (Wildman–Crippen LogP) is 4.23. The largest absolute Gasteiger partial charge is 0.366 e. The summed E-state index contributed by atoms with van der Waals surface area (Å²) in [6.07, 6.45) is 3.50. The second-order valence-corrected chi connectivity index (χ2v) is 6.95. The van der Waals surface area contributed by atoms with Crippen LogP contribution in [0.4, 0.5) is 5.82 Å². The van der Waals surface area contributed by atoms with Crippen LogP contribution in [0.25, 0.3) is 17.2 Å². The normalized spacial score (nSPS) is 11.3. The fourth-order valence-electron chi connectivity index (χ4n) is 2.82. The first-order valence-corrected chi connectivity index (χ1v) is 9.07. The quantitative estimate of drug-likeness (QED) is 0.578. The fraction of sp³-hybridized carbons (Fsp3) is 0.238. The van der Waals surface area contributed by atoms with Crippen LogP contribution in [0.2, 0.25) is 0 Å². The van der Waals surface area contributed by atoms with Crippen molar-refractivity contribution >= 4 is 11.6 Å². The average Bonchev–Trinajstić information content (AvgIpc) is 3.12. The molecule has 0 bridgehead atoms. The van der Waals surface area contributed by atoms with E-state index < -0.39 is 0 Å². The minimum Gasteiger partial charge on any atom is -0.366 e. The molecule has 4 aromatic rings. The summed E-state index contributed by atoms with van der Waals surface area (Å²) in [4.78, 5) is 13.4. The minimum atomic E-state index is 0.300. The minimum absolute atomic E-state index is 0.300. The molecule has 0 spiro atoms. The van der Waals surface area contributed by atoms with Crippen molar-refractivity contribution in [2.45, 2.75) is 33.2 Å². The van der Waals surface area contributed by atoms with Crippen molar-refractivity contribution in [1.82, 2.24) is 24.6 Å². The number of rotatable bonds is 5. The van der Waals surface area contributed by atoms with E-state index in [1.807, 2.05) is 18.2 Å². The van der Waals surface area contributed by atoms with E-state index in [9.17, 15) is 0 Å². The first-order valence-electron chi connectivity index (χ1n) is 9.07. The average molecular weight is 358 g/mol. The van der Waals surface area contributed by atoms with Crippen molar-refractivity contribution in [2.24, 2.45) is 0 Å². The summed E-state index contributed by atoms with van der Waals surface area (Å²) < 4.78 is 1.77. The molecule has 0 aliphatic carbocycles. The summed E-state index contributed by atoms with van der Waals surface area (Å²) in [5, 5.41) is 8.14. The van der Waals surface area contributed by atoms with E-state index in [4.69, 9.17) is 0 Å².